The fraction of sp³-hybridized carbons (Fsp3) is 0.389. The van der Waals surface area contributed by atoms with E-state index in [0.29, 0.717) is 24.8 Å². The van der Waals surface area contributed by atoms with E-state index in [4.69, 9.17) is 0 Å². The molecule has 1 fully saturated rings. The Morgan fingerprint density at radius 2 is 1.85 bits per heavy atom. The van der Waals surface area contributed by atoms with E-state index in [1.165, 1.54) is 16.4 Å². The van der Waals surface area contributed by atoms with Gasteiger partial charge in [-0.1, -0.05) is 30.3 Å². The molecule has 0 aliphatic carbocycles. The van der Waals surface area contributed by atoms with Crippen LogP contribution in [-0.4, -0.2) is 32.7 Å². The molecule has 4 rings (SSSR count). The van der Waals surface area contributed by atoms with Crippen molar-refractivity contribution in [2.24, 2.45) is 0 Å². The number of nitrogens with zero attached hydrogens (tertiary/aromatic N) is 5. The first kappa shape index (κ1) is 16.8. The first-order valence-corrected chi connectivity index (χ1v) is 8.60. The fourth-order valence-electron chi connectivity index (χ4n) is 3.55. The quantitative estimate of drug-likeness (QED) is 0.694. The summed E-state index contributed by atoms with van der Waals surface area (Å²) in [4.78, 5) is 9.39. The van der Waals surface area contributed by atoms with Crippen LogP contribution >= 0.6 is 0 Å². The molecule has 5 nitrogen and oxygen atoms in total. The van der Waals surface area contributed by atoms with Crippen LogP contribution in [0.15, 0.2) is 42.7 Å². The molecule has 1 aliphatic rings. The standard InChI is InChI=1S/C18H18F3N5/c19-18(20,21)15-11-16(26-17(24-15)22-12-23-26)25-9-4-7-14(8-10-25)13-5-2-1-3-6-13/h1-3,5-6,11-12,14H,4,7-10H2. The molecule has 1 aromatic carbocycles. The van der Waals surface area contributed by atoms with Gasteiger partial charge in [0.05, 0.1) is 0 Å². The van der Waals surface area contributed by atoms with Crippen molar-refractivity contribution in [1.82, 2.24) is 19.6 Å². The van der Waals surface area contributed by atoms with E-state index in [9.17, 15) is 13.2 Å². The zero-order chi connectivity index (χ0) is 18.1. The summed E-state index contributed by atoms with van der Waals surface area (Å²) in [7, 11) is 0. The van der Waals surface area contributed by atoms with Crippen LogP contribution < -0.4 is 4.90 Å². The third-order valence-electron chi connectivity index (χ3n) is 4.85. The molecular weight excluding hydrogens is 343 g/mol. The molecule has 1 aliphatic heterocycles. The third-order valence-corrected chi connectivity index (χ3v) is 4.85. The van der Waals surface area contributed by atoms with Gasteiger partial charge in [-0.15, -0.1) is 0 Å². The maximum atomic E-state index is 13.2. The number of fused-ring (bicyclic) bond motifs is 1. The van der Waals surface area contributed by atoms with Gasteiger partial charge in [-0.25, -0.2) is 4.98 Å². The Labute approximate surface area is 148 Å². The van der Waals surface area contributed by atoms with E-state index >= 15 is 0 Å². The average Bonchev–Trinajstić information content (AvgIpc) is 2.97. The number of hydrogen-bond acceptors (Lipinski definition) is 4. The van der Waals surface area contributed by atoms with Crippen molar-refractivity contribution in [3.8, 4) is 0 Å². The van der Waals surface area contributed by atoms with Crippen molar-refractivity contribution in [1.29, 1.82) is 0 Å². The van der Waals surface area contributed by atoms with Crippen LogP contribution in [0.25, 0.3) is 5.78 Å². The second kappa shape index (κ2) is 6.59. The maximum Gasteiger partial charge on any atom is 0.433 e. The molecule has 1 unspecified atom stereocenters. The Bertz CT molecular complexity index is 891. The van der Waals surface area contributed by atoms with E-state index in [-0.39, 0.29) is 5.78 Å². The minimum atomic E-state index is -4.51. The smallest absolute Gasteiger partial charge is 0.356 e. The second-order valence-corrected chi connectivity index (χ2v) is 6.49. The molecule has 1 atom stereocenters. The molecule has 0 saturated carbocycles. The molecule has 0 N–H and O–H groups in total. The van der Waals surface area contributed by atoms with Crippen LogP contribution in [0.1, 0.15) is 36.4 Å². The van der Waals surface area contributed by atoms with Crippen LogP contribution in [0.2, 0.25) is 0 Å². The Kier molecular flexibility index (Phi) is 4.26. The zero-order valence-electron chi connectivity index (χ0n) is 14.0. The predicted molar refractivity (Wildman–Crippen MR) is 91.0 cm³/mol. The highest BCUT2D eigenvalue weighted by molar-refractivity contribution is 5.48. The van der Waals surface area contributed by atoms with Crippen LogP contribution in [0.5, 0.6) is 0 Å². The number of halogens is 3. The lowest BCUT2D eigenvalue weighted by Crippen LogP contribution is -2.27. The number of alkyl halides is 3. The van der Waals surface area contributed by atoms with E-state index in [1.807, 2.05) is 23.1 Å². The second-order valence-electron chi connectivity index (χ2n) is 6.49. The van der Waals surface area contributed by atoms with Crippen molar-refractivity contribution in [2.45, 2.75) is 31.4 Å². The Morgan fingerprint density at radius 1 is 1.04 bits per heavy atom. The monoisotopic (exact) mass is 361 g/mol. The Morgan fingerprint density at radius 3 is 2.62 bits per heavy atom. The Hall–Kier alpha value is -2.64. The lowest BCUT2D eigenvalue weighted by atomic mass is 9.92. The molecule has 0 spiro atoms. The van der Waals surface area contributed by atoms with Crippen molar-refractivity contribution in [3.63, 3.8) is 0 Å². The van der Waals surface area contributed by atoms with Gasteiger partial charge in [-0.2, -0.15) is 27.8 Å². The molecule has 136 valence electrons. The van der Waals surface area contributed by atoms with Crippen molar-refractivity contribution in [3.05, 3.63) is 54.0 Å². The third kappa shape index (κ3) is 3.23. The van der Waals surface area contributed by atoms with Gasteiger partial charge in [0.1, 0.15) is 12.1 Å². The summed E-state index contributed by atoms with van der Waals surface area (Å²) in [6.45, 7) is 1.34. The van der Waals surface area contributed by atoms with E-state index in [2.05, 4.69) is 27.2 Å². The van der Waals surface area contributed by atoms with Gasteiger partial charge in [0.25, 0.3) is 5.78 Å². The predicted octanol–water partition coefficient (Wildman–Crippen LogP) is 3.92. The average molecular weight is 361 g/mol. The summed E-state index contributed by atoms with van der Waals surface area (Å²) in [5, 5.41) is 4.06. The van der Waals surface area contributed by atoms with Gasteiger partial charge in [0.15, 0.2) is 5.69 Å². The van der Waals surface area contributed by atoms with Gasteiger partial charge in [-0.3, -0.25) is 0 Å². The van der Waals surface area contributed by atoms with Crippen molar-refractivity contribution < 1.29 is 13.2 Å². The highest BCUT2D eigenvalue weighted by atomic mass is 19.4. The van der Waals surface area contributed by atoms with Crippen LogP contribution in [0.4, 0.5) is 19.0 Å². The molecule has 0 radical (unpaired) electrons. The van der Waals surface area contributed by atoms with Gasteiger partial charge in [0.2, 0.25) is 0 Å². The molecule has 3 heterocycles. The topological polar surface area (TPSA) is 46.3 Å². The van der Waals surface area contributed by atoms with Gasteiger partial charge >= 0.3 is 6.18 Å². The number of aromatic nitrogens is 4. The van der Waals surface area contributed by atoms with Gasteiger partial charge < -0.3 is 4.90 Å². The zero-order valence-corrected chi connectivity index (χ0v) is 14.0. The van der Waals surface area contributed by atoms with Crippen LogP contribution in [0, 0.1) is 0 Å². The SMILES string of the molecule is FC(F)(F)c1cc(N2CCCC(c3ccccc3)CC2)n2ncnc2n1. The summed E-state index contributed by atoms with van der Waals surface area (Å²) in [6.07, 6.45) is -0.487. The van der Waals surface area contributed by atoms with Gasteiger partial charge in [-0.05, 0) is 30.7 Å². The molecule has 0 bridgehead atoms. The molecule has 0 amide bonds. The number of benzene rings is 1. The fourth-order valence-corrected chi connectivity index (χ4v) is 3.55. The number of anilines is 1. The van der Waals surface area contributed by atoms with E-state index < -0.39 is 11.9 Å². The summed E-state index contributed by atoms with van der Waals surface area (Å²) >= 11 is 0. The summed E-state index contributed by atoms with van der Waals surface area (Å²) in [6, 6.07) is 11.3. The summed E-state index contributed by atoms with van der Waals surface area (Å²) in [5.74, 6) is 0.781. The highest BCUT2D eigenvalue weighted by Crippen LogP contribution is 2.33. The molecule has 3 aromatic rings. The molecular formula is C18H18F3N5. The van der Waals surface area contributed by atoms with Crippen LogP contribution in [0.3, 0.4) is 0 Å². The van der Waals surface area contributed by atoms with Crippen LogP contribution in [-0.2, 0) is 6.18 Å². The van der Waals surface area contributed by atoms with Crippen molar-refractivity contribution in [2.75, 3.05) is 18.0 Å². The first-order chi connectivity index (χ1) is 12.5. The Balaban J connectivity index is 1.64. The normalized spacial score (nSPS) is 18.9. The van der Waals surface area contributed by atoms with E-state index in [0.717, 1.165) is 25.3 Å². The molecule has 8 heteroatoms. The summed E-state index contributed by atoms with van der Waals surface area (Å²) < 4.78 is 41.0. The van der Waals surface area contributed by atoms with E-state index in [1.54, 1.807) is 0 Å². The largest absolute Gasteiger partial charge is 0.433 e. The lowest BCUT2D eigenvalue weighted by molar-refractivity contribution is -0.141. The molecule has 26 heavy (non-hydrogen) atoms. The maximum absolute atomic E-state index is 13.2. The minimum Gasteiger partial charge on any atom is -0.356 e. The molecule has 1 saturated heterocycles. The lowest BCUT2D eigenvalue weighted by Gasteiger charge is -2.24. The molecule has 2 aromatic heterocycles. The first-order valence-electron chi connectivity index (χ1n) is 8.60. The van der Waals surface area contributed by atoms with Crippen molar-refractivity contribution >= 4 is 11.6 Å². The summed E-state index contributed by atoms with van der Waals surface area (Å²) in [5.41, 5.74) is 0.350. The minimum absolute atomic E-state index is 0.0290. The number of rotatable bonds is 2. The van der Waals surface area contributed by atoms with Gasteiger partial charge in [0, 0.05) is 19.2 Å². The number of hydrogen-bond donors (Lipinski definition) is 0. The highest BCUT2D eigenvalue weighted by Gasteiger charge is 2.35.